The van der Waals surface area contributed by atoms with E-state index in [2.05, 4.69) is 15.3 Å². The average Bonchev–Trinajstić information content (AvgIpc) is 2.59. The van der Waals surface area contributed by atoms with E-state index in [-0.39, 0.29) is 17.4 Å². The Morgan fingerprint density at radius 3 is 2.58 bits per heavy atom. The number of hydrogen-bond donors (Lipinski definition) is 1. The summed E-state index contributed by atoms with van der Waals surface area (Å²) >= 11 is 0. The lowest BCUT2D eigenvalue weighted by Gasteiger charge is -2.46. The summed E-state index contributed by atoms with van der Waals surface area (Å²) in [5.74, 6) is -1.10. The maximum atomic E-state index is 14.4. The summed E-state index contributed by atoms with van der Waals surface area (Å²) in [5.41, 5.74) is -0.0349. The molecule has 2 aliphatic heterocycles. The summed E-state index contributed by atoms with van der Waals surface area (Å²) in [6.45, 7) is 9.51. The first-order chi connectivity index (χ1) is 12.3. The van der Waals surface area contributed by atoms with E-state index in [1.807, 2.05) is 20.8 Å². The Morgan fingerprint density at radius 2 is 1.96 bits per heavy atom. The van der Waals surface area contributed by atoms with Crippen molar-refractivity contribution in [3.63, 3.8) is 0 Å². The molecule has 1 fully saturated rings. The highest BCUT2D eigenvalue weighted by atomic mass is 19.1. The molecule has 2 aliphatic rings. The van der Waals surface area contributed by atoms with Crippen molar-refractivity contribution in [1.29, 1.82) is 0 Å². The van der Waals surface area contributed by atoms with Gasteiger partial charge in [0.15, 0.2) is 0 Å². The number of carbonyl (C=O) groups excluding carboxylic acids is 1. The minimum absolute atomic E-state index is 0.0561. The van der Waals surface area contributed by atoms with E-state index in [1.54, 1.807) is 0 Å². The Balaban J connectivity index is 2.01. The Labute approximate surface area is 153 Å². The quantitative estimate of drug-likeness (QED) is 0.891. The van der Waals surface area contributed by atoms with E-state index >= 15 is 0 Å². The second kappa shape index (κ2) is 7.40. The Kier molecular flexibility index (Phi) is 5.39. The van der Waals surface area contributed by atoms with Crippen LogP contribution in [0.1, 0.15) is 32.8 Å². The fourth-order valence-corrected chi connectivity index (χ4v) is 3.65. The lowest BCUT2D eigenvalue weighted by atomic mass is 9.86. The van der Waals surface area contributed by atoms with Gasteiger partial charge in [-0.2, -0.15) is 5.10 Å². The number of nitrogens with one attached hydrogen (secondary N) is 1. The molecule has 1 aromatic carbocycles. The van der Waals surface area contributed by atoms with Gasteiger partial charge in [-0.3, -0.25) is 9.69 Å². The van der Waals surface area contributed by atoms with E-state index in [9.17, 15) is 13.6 Å². The van der Waals surface area contributed by atoms with Crippen molar-refractivity contribution >= 4 is 11.6 Å². The summed E-state index contributed by atoms with van der Waals surface area (Å²) in [7, 11) is 0. The van der Waals surface area contributed by atoms with Crippen LogP contribution in [0.5, 0.6) is 0 Å². The van der Waals surface area contributed by atoms with Crippen LogP contribution in [-0.2, 0) is 4.79 Å². The molecule has 1 saturated heterocycles. The Bertz CT molecular complexity index is 715. The predicted molar refractivity (Wildman–Crippen MR) is 96.9 cm³/mol. The number of hydrogen-bond acceptors (Lipinski definition) is 4. The van der Waals surface area contributed by atoms with Crippen molar-refractivity contribution < 1.29 is 13.6 Å². The third-order valence-electron chi connectivity index (χ3n) is 5.04. The molecule has 5 nitrogen and oxygen atoms in total. The van der Waals surface area contributed by atoms with Crippen LogP contribution in [0.4, 0.5) is 8.78 Å². The van der Waals surface area contributed by atoms with Crippen molar-refractivity contribution in [1.82, 2.24) is 15.2 Å². The number of hydrazone groups is 1. The van der Waals surface area contributed by atoms with Crippen molar-refractivity contribution in [2.24, 2.45) is 11.0 Å². The number of carbonyl (C=O) groups is 1. The lowest BCUT2D eigenvalue weighted by Crippen LogP contribution is -2.64. The molecule has 1 amide bonds. The second-order valence-corrected chi connectivity index (χ2v) is 7.64. The first kappa shape index (κ1) is 18.9. The molecule has 1 atom stereocenters. The molecule has 0 aliphatic carbocycles. The van der Waals surface area contributed by atoms with Crippen LogP contribution in [0.15, 0.2) is 23.3 Å². The topological polar surface area (TPSA) is 47.9 Å². The highest BCUT2D eigenvalue weighted by Crippen LogP contribution is 2.31. The van der Waals surface area contributed by atoms with E-state index < -0.39 is 17.2 Å². The number of amides is 1. The molecule has 142 valence electrons. The van der Waals surface area contributed by atoms with Crippen molar-refractivity contribution in [2.45, 2.75) is 32.7 Å². The summed E-state index contributed by atoms with van der Waals surface area (Å²) in [6.07, 6.45) is 0.309. The van der Waals surface area contributed by atoms with Crippen LogP contribution in [0, 0.1) is 17.6 Å². The largest absolute Gasteiger partial charge is 0.314 e. The normalized spacial score (nSPS) is 24.9. The number of halogens is 2. The van der Waals surface area contributed by atoms with Gasteiger partial charge in [0.05, 0.1) is 5.71 Å². The van der Waals surface area contributed by atoms with Crippen molar-refractivity contribution in [3.8, 4) is 0 Å². The van der Waals surface area contributed by atoms with Gasteiger partial charge in [0.2, 0.25) is 0 Å². The van der Waals surface area contributed by atoms with Crippen molar-refractivity contribution in [3.05, 3.63) is 35.4 Å². The van der Waals surface area contributed by atoms with Crippen LogP contribution >= 0.6 is 0 Å². The molecule has 1 aromatic rings. The molecule has 1 N–H and O–H groups in total. The minimum Gasteiger partial charge on any atom is -0.314 e. The zero-order chi connectivity index (χ0) is 18.9. The monoisotopic (exact) mass is 364 g/mol. The number of rotatable bonds is 4. The van der Waals surface area contributed by atoms with E-state index in [0.29, 0.717) is 18.7 Å². The van der Waals surface area contributed by atoms with E-state index in [0.717, 1.165) is 32.2 Å². The number of piperazine rings is 1. The fourth-order valence-electron chi connectivity index (χ4n) is 3.65. The standard InChI is InChI=1S/C19H26F2N4O/c1-13(2)12-25-18(26)19(3,24-8-6-22-7-9-24)11-17(23-25)15-5-4-14(20)10-16(15)21/h4-5,10,13,22H,6-9,11-12H2,1-3H3. The highest BCUT2D eigenvalue weighted by Gasteiger charge is 2.46. The molecule has 0 bridgehead atoms. The van der Waals surface area contributed by atoms with Crippen LogP contribution in [0.2, 0.25) is 0 Å². The SMILES string of the molecule is CC(C)CN1N=C(c2ccc(F)cc2F)CC(C)(N2CCNCC2)C1=O. The van der Waals surface area contributed by atoms with Gasteiger partial charge in [-0.25, -0.2) is 13.8 Å². The maximum Gasteiger partial charge on any atom is 0.263 e. The van der Waals surface area contributed by atoms with Crippen LogP contribution in [0.25, 0.3) is 0 Å². The number of benzene rings is 1. The smallest absolute Gasteiger partial charge is 0.263 e. The minimum atomic E-state index is -0.783. The molecule has 7 heteroatoms. The van der Waals surface area contributed by atoms with Gasteiger partial charge in [0.1, 0.15) is 17.2 Å². The van der Waals surface area contributed by atoms with Gasteiger partial charge in [0.25, 0.3) is 5.91 Å². The highest BCUT2D eigenvalue weighted by molar-refractivity contribution is 6.07. The Hall–Kier alpha value is -1.86. The first-order valence-corrected chi connectivity index (χ1v) is 9.12. The zero-order valence-corrected chi connectivity index (χ0v) is 15.6. The third kappa shape index (κ3) is 3.64. The van der Waals surface area contributed by atoms with E-state index in [4.69, 9.17) is 0 Å². The van der Waals surface area contributed by atoms with Gasteiger partial charge in [-0.1, -0.05) is 13.8 Å². The summed E-state index contributed by atoms with van der Waals surface area (Å²) in [4.78, 5) is 15.3. The summed E-state index contributed by atoms with van der Waals surface area (Å²) < 4.78 is 27.7. The fraction of sp³-hybridized carbons (Fsp3) is 0.579. The van der Waals surface area contributed by atoms with Crippen LogP contribution in [0.3, 0.4) is 0 Å². The number of nitrogens with zero attached hydrogens (tertiary/aromatic N) is 3. The third-order valence-corrected chi connectivity index (χ3v) is 5.04. The summed E-state index contributed by atoms with van der Waals surface area (Å²) in [6, 6.07) is 3.50. The second-order valence-electron chi connectivity index (χ2n) is 7.64. The first-order valence-electron chi connectivity index (χ1n) is 9.12. The van der Waals surface area contributed by atoms with E-state index in [1.165, 1.54) is 17.1 Å². The molecule has 0 spiro atoms. The van der Waals surface area contributed by atoms with Crippen molar-refractivity contribution in [2.75, 3.05) is 32.7 Å². The molecule has 26 heavy (non-hydrogen) atoms. The van der Waals surface area contributed by atoms with Crippen LogP contribution in [-0.4, -0.2) is 59.8 Å². The molecule has 1 unspecified atom stereocenters. The maximum absolute atomic E-state index is 14.4. The van der Waals surface area contributed by atoms with Gasteiger partial charge >= 0.3 is 0 Å². The Morgan fingerprint density at radius 1 is 1.27 bits per heavy atom. The lowest BCUT2D eigenvalue weighted by molar-refractivity contribution is -0.145. The predicted octanol–water partition coefficient (Wildman–Crippen LogP) is 2.22. The summed E-state index contributed by atoms with van der Waals surface area (Å²) in [5, 5.41) is 9.21. The average molecular weight is 364 g/mol. The van der Waals surface area contributed by atoms with Crippen LogP contribution < -0.4 is 5.32 Å². The molecule has 0 saturated carbocycles. The van der Waals surface area contributed by atoms with Gasteiger partial charge in [-0.15, -0.1) is 0 Å². The molecule has 0 aromatic heterocycles. The molecule has 2 heterocycles. The molecular weight excluding hydrogens is 338 g/mol. The van der Waals surface area contributed by atoms with Gasteiger partial charge in [0, 0.05) is 50.8 Å². The molecule has 3 rings (SSSR count). The molecule has 0 radical (unpaired) electrons. The molecular formula is C19H26F2N4O. The zero-order valence-electron chi connectivity index (χ0n) is 15.6. The van der Waals surface area contributed by atoms with Gasteiger partial charge < -0.3 is 5.32 Å². The van der Waals surface area contributed by atoms with Gasteiger partial charge in [-0.05, 0) is 25.0 Å².